The summed E-state index contributed by atoms with van der Waals surface area (Å²) < 4.78 is 5.27. The average Bonchev–Trinajstić information content (AvgIpc) is 3.42. The molecule has 1 amide bonds. The number of amides is 1. The van der Waals surface area contributed by atoms with Crippen LogP contribution >= 0.6 is 11.3 Å². The number of ether oxygens (including phenoxy) is 1. The highest BCUT2D eigenvalue weighted by molar-refractivity contribution is 7.18. The summed E-state index contributed by atoms with van der Waals surface area (Å²) in [6.45, 7) is 0. The van der Waals surface area contributed by atoms with Crippen molar-refractivity contribution in [1.29, 1.82) is 0 Å². The SMILES string of the molecule is COc1cccc(C(=O)N(c2nnc(-c3cccnc3)s2)C2CCCC2)c1. The zero-order chi connectivity index (χ0) is 18.6. The quantitative estimate of drug-likeness (QED) is 0.664. The maximum atomic E-state index is 13.3. The average molecular weight is 380 g/mol. The predicted octanol–water partition coefficient (Wildman–Crippen LogP) is 4.20. The minimum atomic E-state index is -0.0605. The molecular formula is C20H20N4O2S. The molecule has 27 heavy (non-hydrogen) atoms. The number of carbonyl (C=O) groups is 1. The molecule has 0 N–H and O–H groups in total. The second-order valence-electron chi connectivity index (χ2n) is 6.48. The molecule has 0 radical (unpaired) electrons. The molecule has 0 spiro atoms. The van der Waals surface area contributed by atoms with E-state index in [-0.39, 0.29) is 11.9 Å². The third-order valence-electron chi connectivity index (χ3n) is 4.75. The van der Waals surface area contributed by atoms with Gasteiger partial charge in [0.2, 0.25) is 5.13 Å². The van der Waals surface area contributed by atoms with E-state index in [0.29, 0.717) is 16.4 Å². The van der Waals surface area contributed by atoms with E-state index in [1.54, 1.807) is 25.6 Å². The van der Waals surface area contributed by atoms with Crippen molar-refractivity contribution < 1.29 is 9.53 Å². The zero-order valence-corrected chi connectivity index (χ0v) is 15.9. The fraction of sp³-hybridized carbons (Fsp3) is 0.300. The van der Waals surface area contributed by atoms with Crippen LogP contribution in [0, 0.1) is 0 Å². The summed E-state index contributed by atoms with van der Waals surface area (Å²) in [6, 6.07) is 11.2. The van der Waals surface area contributed by atoms with Crippen molar-refractivity contribution >= 4 is 22.4 Å². The van der Waals surface area contributed by atoms with Crippen molar-refractivity contribution in [2.24, 2.45) is 0 Å². The first kappa shape index (κ1) is 17.6. The number of hydrogen-bond donors (Lipinski definition) is 0. The number of pyridine rings is 1. The lowest BCUT2D eigenvalue weighted by Crippen LogP contribution is -2.39. The van der Waals surface area contributed by atoms with Crippen LogP contribution < -0.4 is 9.64 Å². The van der Waals surface area contributed by atoms with Crippen LogP contribution in [0.2, 0.25) is 0 Å². The number of hydrogen-bond acceptors (Lipinski definition) is 6. The van der Waals surface area contributed by atoms with Crippen molar-refractivity contribution in [3.8, 4) is 16.3 Å². The molecule has 1 fully saturated rings. The number of rotatable bonds is 5. The molecule has 1 aliphatic carbocycles. The maximum absolute atomic E-state index is 13.3. The molecule has 1 aromatic carbocycles. The topological polar surface area (TPSA) is 68.2 Å². The molecule has 4 rings (SSSR count). The van der Waals surface area contributed by atoms with Gasteiger partial charge in [-0.3, -0.25) is 14.7 Å². The summed E-state index contributed by atoms with van der Waals surface area (Å²) >= 11 is 1.43. The summed E-state index contributed by atoms with van der Waals surface area (Å²) in [5.74, 6) is 0.607. The Kier molecular flexibility index (Phi) is 5.11. The molecule has 0 atom stereocenters. The molecule has 0 saturated heterocycles. The molecular weight excluding hydrogens is 360 g/mol. The molecule has 0 unspecified atom stereocenters. The lowest BCUT2D eigenvalue weighted by molar-refractivity contribution is 0.0976. The summed E-state index contributed by atoms with van der Waals surface area (Å²) in [7, 11) is 1.60. The Morgan fingerprint density at radius 2 is 2.04 bits per heavy atom. The van der Waals surface area contributed by atoms with E-state index in [1.807, 2.05) is 35.2 Å². The molecule has 2 aromatic heterocycles. The van der Waals surface area contributed by atoms with Crippen LogP contribution in [0.1, 0.15) is 36.0 Å². The van der Waals surface area contributed by atoms with Crippen LogP contribution in [0.4, 0.5) is 5.13 Å². The second-order valence-corrected chi connectivity index (χ2v) is 7.43. The van der Waals surface area contributed by atoms with E-state index >= 15 is 0 Å². The van der Waals surface area contributed by atoms with E-state index in [9.17, 15) is 4.79 Å². The lowest BCUT2D eigenvalue weighted by atomic mass is 10.1. The molecule has 0 bridgehead atoms. The van der Waals surface area contributed by atoms with Gasteiger partial charge in [0, 0.05) is 29.6 Å². The van der Waals surface area contributed by atoms with Gasteiger partial charge >= 0.3 is 0 Å². The van der Waals surface area contributed by atoms with E-state index in [4.69, 9.17) is 4.74 Å². The van der Waals surface area contributed by atoms with Gasteiger partial charge in [0.1, 0.15) is 5.75 Å². The second kappa shape index (κ2) is 7.84. The molecule has 0 aliphatic heterocycles. The molecule has 6 nitrogen and oxygen atoms in total. The highest BCUT2D eigenvalue weighted by atomic mass is 32.1. The van der Waals surface area contributed by atoms with Gasteiger partial charge in [-0.15, -0.1) is 10.2 Å². The Balaban J connectivity index is 1.69. The van der Waals surface area contributed by atoms with E-state index in [2.05, 4.69) is 15.2 Å². The van der Waals surface area contributed by atoms with Gasteiger partial charge in [-0.2, -0.15) is 0 Å². The van der Waals surface area contributed by atoms with Gasteiger partial charge in [0.25, 0.3) is 5.91 Å². The highest BCUT2D eigenvalue weighted by Gasteiger charge is 2.31. The van der Waals surface area contributed by atoms with Gasteiger partial charge in [0.15, 0.2) is 5.01 Å². The molecule has 2 heterocycles. The zero-order valence-electron chi connectivity index (χ0n) is 15.0. The maximum Gasteiger partial charge on any atom is 0.260 e. The molecule has 3 aromatic rings. The number of nitrogens with zero attached hydrogens (tertiary/aromatic N) is 4. The highest BCUT2D eigenvalue weighted by Crippen LogP contribution is 2.34. The predicted molar refractivity (Wildman–Crippen MR) is 105 cm³/mol. The number of aromatic nitrogens is 3. The van der Waals surface area contributed by atoms with Crippen molar-refractivity contribution in [3.05, 3.63) is 54.4 Å². The van der Waals surface area contributed by atoms with Crippen LogP contribution in [0.25, 0.3) is 10.6 Å². The number of methoxy groups -OCH3 is 1. The van der Waals surface area contributed by atoms with Crippen LogP contribution in [0.3, 0.4) is 0 Å². The van der Waals surface area contributed by atoms with E-state index in [0.717, 1.165) is 36.3 Å². The van der Waals surface area contributed by atoms with Gasteiger partial charge in [-0.25, -0.2) is 0 Å². The van der Waals surface area contributed by atoms with Gasteiger partial charge in [-0.05, 0) is 43.2 Å². The van der Waals surface area contributed by atoms with Gasteiger partial charge in [0.05, 0.1) is 7.11 Å². The Bertz CT molecular complexity index is 922. The van der Waals surface area contributed by atoms with Crippen molar-refractivity contribution in [1.82, 2.24) is 15.2 Å². The Morgan fingerprint density at radius 1 is 1.19 bits per heavy atom. The largest absolute Gasteiger partial charge is 0.497 e. The fourth-order valence-electron chi connectivity index (χ4n) is 3.39. The Morgan fingerprint density at radius 3 is 2.78 bits per heavy atom. The Labute approximate surface area is 161 Å². The van der Waals surface area contributed by atoms with Crippen LogP contribution in [-0.4, -0.2) is 34.2 Å². The number of carbonyl (C=O) groups excluding carboxylic acids is 1. The van der Waals surface area contributed by atoms with E-state index < -0.39 is 0 Å². The number of anilines is 1. The normalized spacial score (nSPS) is 14.3. The smallest absolute Gasteiger partial charge is 0.260 e. The van der Waals surface area contributed by atoms with Crippen molar-refractivity contribution in [3.63, 3.8) is 0 Å². The molecule has 138 valence electrons. The van der Waals surface area contributed by atoms with Crippen LogP contribution in [0.5, 0.6) is 5.75 Å². The van der Waals surface area contributed by atoms with Crippen molar-refractivity contribution in [2.45, 2.75) is 31.7 Å². The van der Waals surface area contributed by atoms with Crippen LogP contribution in [0.15, 0.2) is 48.8 Å². The minimum Gasteiger partial charge on any atom is -0.497 e. The first-order chi connectivity index (χ1) is 13.3. The van der Waals surface area contributed by atoms with Gasteiger partial charge < -0.3 is 4.74 Å². The lowest BCUT2D eigenvalue weighted by Gasteiger charge is -2.26. The summed E-state index contributed by atoms with van der Waals surface area (Å²) in [6.07, 6.45) is 7.70. The van der Waals surface area contributed by atoms with E-state index in [1.165, 1.54) is 11.3 Å². The monoisotopic (exact) mass is 380 g/mol. The standard InChI is InChI=1S/C20H20N4O2S/c1-26-17-10-4-6-14(12-17)19(25)24(16-8-2-3-9-16)20-23-22-18(27-20)15-7-5-11-21-13-15/h4-7,10-13,16H,2-3,8-9H2,1H3. The van der Waals surface area contributed by atoms with Crippen molar-refractivity contribution in [2.75, 3.05) is 12.0 Å². The molecule has 1 saturated carbocycles. The molecule has 7 heteroatoms. The van der Waals surface area contributed by atoms with Gasteiger partial charge in [-0.1, -0.05) is 30.2 Å². The third kappa shape index (κ3) is 3.68. The third-order valence-corrected chi connectivity index (χ3v) is 5.73. The summed E-state index contributed by atoms with van der Waals surface area (Å²) in [4.78, 5) is 19.3. The first-order valence-electron chi connectivity index (χ1n) is 8.98. The number of benzene rings is 1. The Hall–Kier alpha value is -2.80. The summed E-state index contributed by atoms with van der Waals surface area (Å²) in [5, 5.41) is 10.0. The summed E-state index contributed by atoms with van der Waals surface area (Å²) in [5.41, 5.74) is 1.50. The first-order valence-corrected chi connectivity index (χ1v) is 9.79. The fourth-order valence-corrected chi connectivity index (χ4v) is 4.29. The van der Waals surface area contributed by atoms with Crippen LogP contribution in [-0.2, 0) is 0 Å². The molecule has 1 aliphatic rings. The minimum absolute atomic E-state index is 0.0605.